The van der Waals surface area contributed by atoms with Gasteiger partial charge in [0.05, 0.1) is 30.5 Å². The molecule has 0 aliphatic heterocycles. The number of ether oxygens (including phenoxy) is 1. The molecular formula is C23H20FN5OS. The van der Waals surface area contributed by atoms with Gasteiger partial charge in [0.25, 0.3) is 0 Å². The van der Waals surface area contributed by atoms with Crippen LogP contribution in [-0.4, -0.2) is 32.3 Å². The van der Waals surface area contributed by atoms with Crippen LogP contribution in [-0.2, 0) is 13.0 Å². The van der Waals surface area contributed by atoms with Crippen molar-refractivity contribution in [1.29, 1.82) is 0 Å². The summed E-state index contributed by atoms with van der Waals surface area (Å²) in [5, 5.41) is 15.1. The number of hydrogen-bond donors (Lipinski definition) is 0. The number of thiazole rings is 1. The van der Waals surface area contributed by atoms with Crippen LogP contribution < -0.4 is 4.74 Å². The van der Waals surface area contributed by atoms with Crippen molar-refractivity contribution in [1.82, 2.24) is 25.2 Å². The first kappa shape index (κ1) is 20.7. The fourth-order valence-corrected chi connectivity index (χ4v) is 3.67. The van der Waals surface area contributed by atoms with Crippen molar-refractivity contribution in [3.63, 3.8) is 0 Å². The average Bonchev–Trinajstić information content (AvgIpc) is 3.43. The highest BCUT2D eigenvalue weighted by atomic mass is 32.1. The summed E-state index contributed by atoms with van der Waals surface area (Å²) in [6, 6.07) is 12.6. The second-order valence-corrected chi connectivity index (χ2v) is 7.66. The maximum absolute atomic E-state index is 15.1. The van der Waals surface area contributed by atoms with Crippen molar-refractivity contribution in [3.8, 4) is 29.0 Å². The van der Waals surface area contributed by atoms with E-state index in [0.717, 1.165) is 29.8 Å². The summed E-state index contributed by atoms with van der Waals surface area (Å²) < 4.78 is 20.2. The van der Waals surface area contributed by atoms with Crippen LogP contribution in [0.2, 0.25) is 0 Å². The Morgan fingerprint density at radius 2 is 1.97 bits per heavy atom. The molecule has 2 aromatic heterocycles. The molecule has 0 bridgehead atoms. The first-order chi connectivity index (χ1) is 15.2. The SMILES string of the molecule is CCCc1csc(C#Cc2cccc(-c3nnn(Cc4ccc(OC)cc4)n3)c2F)n1. The normalized spacial score (nSPS) is 10.5. The van der Waals surface area contributed by atoms with E-state index in [2.05, 4.69) is 39.2 Å². The summed E-state index contributed by atoms with van der Waals surface area (Å²) in [6.45, 7) is 2.52. The molecule has 8 heteroatoms. The predicted molar refractivity (Wildman–Crippen MR) is 117 cm³/mol. The van der Waals surface area contributed by atoms with Gasteiger partial charge in [0.1, 0.15) is 11.6 Å². The number of rotatable bonds is 6. The van der Waals surface area contributed by atoms with Crippen molar-refractivity contribution in [2.24, 2.45) is 0 Å². The fourth-order valence-electron chi connectivity index (χ4n) is 2.97. The topological polar surface area (TPSA) is 65.7 Å². The molecule has 0 saturated heterocycles. The highest BCUT2D eigenvalue weighted by molar-refractivity contribution is 7.10. The average molecular weight is 434 g/mol. The Balaban J connectivity index is 1.53. The summed E-state index contributed by atoms with van der Waals surface area (Å²) in [4.78, 5) is 5.89. The highest BCUT2D eigenvalue weighted by Gasteiger charge is 2.14. The Labute approximate surface area is 183 Å². The first-order valence-corrected chi connectivity index (χ1v) is 10.7. The molecule has 4 aromatic rings. The van der Waals surface area contributed by atoms with Gasteiger partial charge in [0.2, 0.25) is 5.82 Å². The van der Waals surface area contributed by atoms with Crippen molar-refractivity contribution < 1.29 is 9.13 Å². The molecule has 156 valence electrons. The number of methoxy groups -OCH3 is 1. The van der Waals surface area contributed by atoms with E-state index < -0.39 is 5.82 Å². The zero-order valence-electron chi connectivity index (χ0n) is 17.2. The summed E-state index contributed by atoms with van der Waals surface area (Å²) in [5.41, 5.74) is 2.54. The van der Waals surface area contributed by atoms with Crippen molar-refractivity contribution in [2.75, 3.05) is 7.11 Å². The van der Waals surface area contributed by atoms with E-state index in [1.807, 2.05) is 29.6 Å². The monoisotopic (exact) mass is 433 g/mol. The Morgan fingerprint density at radius 1 is 1.13 bits per heavy atom. The first-order valence-electron chi connectivity index (χ1n) is 9.82. The van der Waals surface area contributed by atoms with Crippen molar-refractivity contribution in [3.05, 3.63) is 75.5 Å². The standard InChI is InChI=1S/C23H20FN5OS/c1-3-5-18-15-31-21(25-18)13-10-17-6-4-7-20(22(17)24)23-26-28-29(27-23)14-16-8-11-19(30-2)12-9-16/h4,6-9,11-12,15H,3,5,14H2,1-2H3. The number of nitrogens with zero attached hydrogens (tertiary/aromatic N) is 5. The Morgan fingerprint density at radius 3 is 2.74 bits per heavy atom. The molecule has 0 atom stereocenters. The lowest BCUT2D eigenvalue weighted by Gasteiger charge is -2.02. The molecule has 0 amide bonds. The quantitative estimate of drug-likeness (QED) is 0.423. The largest absolute Gasteiger partial charge is 0.497 e. The fraction of sp³-hybridized carbons (Fsp3) is 0.217. The van der Waals surface area contributed by atoms with E-state index >= 15 is 4.39 Å². The third-order valence-electron chi connectivity index (χ3n) is 4.54. The summed E-state index contributed by atoms with van der Waals surface area (Å²) in [5.74, 6) is 6.35. The Bertz CT molecular complexity index is 1240. The third-order valence-corrected chi connectivity index (χ3v) is 5.34. The van der Waals surface area contributed by atoms with Gasteiger partial charge in [-0.15, -0.1) is 21.5 Å². The van der Waals surface area contributed by atoms with E-state index in [1.165, 1.54) is 16.1 Å². The van der Waals surface area contributed by atoms with E-state index in [0.29, 0.717) is 11.6 Å². The Hall–Kier alpha value is -3.57. The predicted octanol–water partition coefficient (Wildman–Crippen LogP) is 4.34. The van der Waals surface area contributed by atoms with Crippen molar-refractivity contribution >= 4 is 11.3 Å². The van der Waals surface area contributed by atoms with Gasteiger partial charge >= 0.3 is 0 Å². The lowest BCUT2D eigenvalue weighted by Crippen LogP contribution is -2.04. The summed E-state index contributed by atoms with van der Waals surface area (Å²) in [6.07, 6.45) is 1.94. The van der Waals surface area contributed by atoms with Crippen LogP contribution in [0.3, 0.4) is 0 Å². The molecule has 0 radical (unpaired) electrons. The van der Waals surface area contributed by atoms with Gasteiger partial charge in [-0.1, -0.05) is 37.5 Å². The van der Waals surface area contributed by atoms with E-state index in [9.17, 15) is 0 Å². The minimum Gasteiger partial charge on any atom is -0.497 e. The number of aromatic nitrogens is 5. The zero-order chi connectivity index (χ0) is 21.6. The number of hydrogen-bond acceptors (Lipinski definition) is 6. The highest BCUT2D eigenvalue weighted by Crippen LogP contribution is 2.21. The molecular weight excluding hydrogens is 413 g/mol. The van der Waals surface area contributed by atoms with Gasteiger partial charge in [-0.3, -0.25) is 0 Å². The van der Waals surface area contributed by atoms with Crippen LogP contribution in [0, 0.1) is 17.7 Å². The lowest BCUT2D eigenvalue weighted by atomic mass is 10.1. The number of aryl methyl sites for hydroxylation is 1. The van der Waals surface area contributed by atoms with E-state index in [1.54, 1.807) is 25.3 Å². The molecule has 0 aliphatic carbocycles. The minimum absolute atomic E-state index is 0.217. The maximum Gasteiger partial charge on any atom is 0.207 e. The van der Waals surface area contributed by atoms with Gasteiger partial charge in [0, 0.05) is 5.38 Å². The molecule has 2 heterocycles. The van der Waals surface area contributed by atoms with Crippen LogP contribution in [0.25, 0.3) is 11.4 Å². The second-order valence-electron chi connectivity index (χ2n) is 6.80. The minimum atomic E-state index is -0.468. The van der Waals surface area contributed by atoms with Crippen LogP contribution in [0.1, 0.15) is 35.2 Å². The van der Waals surface area contributed by atoms with Gasteiger partial charge in [0.15, 0.2) is 5.01 Å². The van der Waals surface area contributed by atoms with E-state index in [4.69, 9.17) is 4.74 Å². The lowest BCUT2D eigenvalue weighted by molar-refractivity contribution is 0.414. The molecule has 31 heavy (non-hydrogen) atoms. The molecule has 2 aromatic carbocycles. The Kier molecular flexibility index (Phi) is 6.34. The van der Waals surface area contributed by atoms with Crippen molar-refractivity contribution in [2.45, 2.75) is 26.3 Å². The molecule has 0 spiro atoms. The second kappa shape index (κ2) is 9.49. The van der Waals surface area contributed by atoms with Crippen LogP contribution >= 0.6 is 11.3 Å². The molecule has 0 N–H and O–H groups in total. The van der Waals surface area contributed by atoms with Gasteiger partial charge in [-0.05, 0) is 47.4 Å². The summed E-state index contributed by atoms with van der Waals surface area (Å²) in [7, 11) is 1.62. The zero-order valence-corrected chi connectivity index (χ0v) is 18.0. The maximum atomic E-state index is 15.1. The number of halogens is 1. The molecule has 6 nitrogen and oxygen atoms in total. The molecule has 0 unspecified atom stereocenters. The molecule has 4 rings (SSSR count). The molecule has 0 fully saturated rings. The number of benzene rings is 2. The van der Waals surface area contributed by atoms with Gasteiger partial charge < -0.3 is 4.74 Å². The summed E-state index contributed by atoms with van der Waals surface area (Å²) >= 11 is 1.47. The van der Waals surface area contributed by atoms with E-state index in [-0.39, 0.29) is 17.0 Å². The smallest absolute Gasteiger partial charge is 0.207 e. The third kappa shape index (κ3) is 4.95. The number of tetrazole rings is 1. The van der Waals surface area contributed by atoms with Gasteiger partial charge in [-0.2, -0.15) is 4.80 Å². The van der Waals surface area contributed by atoms with Crippen LogP contribution in [0.15, 0.2) is 47.8 Å². The molecule has 0 saturated carbocycles. The van der Waals surface area contributed by atoms with Gasteiger partial charge in [-0.25, -0.2) is 9.37 Å². The van der Waals surface area contributed by atoms with Crippen LogP contribution in [0.4, 0.5) is 4.39 Å². The van der Waals surface area contributed by atoms with Crippen LogP contribution in [0.5, 0.6) is 5.75 Å². The molecule has 0 aliphatic rings.